The van der Waals surface area contributed by atoms with Crippen molar-refractivity contribution in [3.8, 4) is 0 Å². The molecule has 0 bridgehead atoms. The highest BCUT2D eigenvalue weighted by Gasteiger charge is 2.93. The largest absolute Gasteiger partial charge is 0.466 e. The number of alkyl halides is 15. The number of halogens is 15. The van der Waals surface area contributed by atoms with Crippen molar-refractivity contribution in [3.05, 3.63) is 12.2 Å². The first-order chi connectivity index (χ1) is 11.9. The molecule has 28 heavy (non-hydrogen) atoms. The van der Waals surface area contributed by atoms with Gasteiger partial charge in [0.2, 0.25) is 0 Å². The monoisotopic (exact) mass is 454 g/mol. The Morgan fingerprint density at radius 1 is 0.607 bits per heavy atom. The van der Waals surface area contributed by atoms with E-state index in [4.69, 9.17) is 0 Å². The summed E-state index contributed by atoms with van der Waals surface area (Å²) in [6, 6.07) is 0. The number of methoxy groups -OCH3 is 1. The third-order valence-electron chi connectivity index (χ3n) is 3.14. The standard InChI is InChI=1S/C11H5F15O2/c1-3(4(27)28-2)5(12,13)6(14,15)7(16,17)8(18,19)9(20,21)10(22,23)11(24,25)26/h1H2,2H3. The normalized spacial score (nSPS) is 15.4. The Hall–Kier alpha value is -1.84. The number of carbonyl (C=O) groups is 1. The predicted octanol–water partition coefficient (Wildman–Crippen LogP) is 5.09. The molecule has 17 heteroatoms. The smallest absolute Gasteiger partial charge is 0.460 e. The highest BCUT2D eigenvalue weighted by Crippen LogP contribution is 2.62. The maximum Gasteiger partial charge on any atom is 0.460 e. The average Bonchev–Trinajstić information content (AvgIpc) is 2.50. The van der Waals surface area contributed by atoms with Gasteiger partial charge >= 0.3 is 47.7 Å². The molecule has 0 fully saturated rings. The number of rotatable bonds is 7. The Labute approximate surface area is 143 Å². The van der Waals surface area contributed by atoms with E-state index in [9.17, 15) is 70.7 Å². The first-order valence-electron chi connectivity index (χ1n) is 6.00. The molecule has 0 aromatic carbocycles. The van der Waals surface area contributed by atoms with Crippen LogP contribution >= 0.6 is 0 Å². The number of ether oxygens (including phenoxy) is 1. The summed E-state index contributed by atoms with van der Waals surface area (Å²) in [5.74, 6) is -50.4. The van der Waals surface area contributed by atoms with Gasteiger partial charge in [-0.15, -0.1) is 0 Å². The quantitative estimate of drug-likeness (QED) is 0.305. The van der Waals surface area contributed by atoms with Crippen molar-refractivity contribution in [2.75, 3.05) is 7.11 Å². The number of esters is 1. The van der Waals surface area contributed by atoms with Gasteiger partial charge in [-0.2, -0.15) is 65.9 Å². The van der Waals surface area contributed by atoms with E-state index in [1.54, 1.807) is 0 Å². The Morgan fingerprint density at radius 2 is 0.893 bits per heavy atom. The van der Waals surface area contributed by atoms with Crippen LogP contribution in [0.3, 0.4) is 0 Å². The molecule has 0 aliphatic carbocycles. The molecule has 0 rings (SSSR count). The van der Waals surface area contributed by atoms with Crippen molar-refractivity contribution < 1.29 is 75.4 Å². The summed E-state index contributed by atoms with van der Waals surface area (Å²) in [5, 5.41) is 0. The Balaban J connectivity index is 6.63. The minimum atomic E-state index is -8.41. The molecular weight excluding hydrogens is 449 g/mol. The maximum atomic E-state index is 13.4. The molecular formula is C11H5F15O2. The maximum absolute atomic E-state index is 13.4. The lowest BCUT2D eigenvalue weighted by molar-refractivity contribution is -0.450. The van der Waals surface area contributed by atoms with Crippen molar-refractivity contribution in [1.82, 2.24) is 0 Å². The Morgan fingerprint density at radius 3 is 1.18 bits per heavy atom. The molecule has 0 saturated heterocycles. The van der Waals surface area contributed by atoms with E-state index in [0.29, 0.717) is 0 Å². The number of carbonyl (C=O) groups excluding carboxylic acids is 1. The Kier molecular flexibility index (Phi) is 6.17. The molecule has 0 aliphatic rings. The van der Waals surface area contributed by atoms with Crippen molar-refractivity contribution in [2.45, 2.75) is 41.7 Å². The molecule has 0 spiro atoms. The third kappa shape index (κ3) is 3.15. The summed E-state index contributed by atoms with van der Waals surface area (Å²) in [6.45, 7) is 1.81. The van der Waals surface area contributed by atoms with Gasteiger partial charge in [0.15, 0.2) is 0 Å². The minimum absolute atomic E-state index is 0.173. The second kappa shape index (κ2) is 6.60. The lowest BCUT2D eigenvalue weighted by atomic mass is 9.89. The highest BCUT2D eigenvalue weighted by molar-refractivity contribution is 5.89. The van der Waals surface area contributed by atoms with E-state index in [2.05, 4.69) is 4.74 Å². The zero-order valence-corrected chi connectivity index (χ0v) is 12.7. The van der Waals surface area contributed by atoms with E-state index in [1.807, 2.05) is 6.58 Å². The minimum Gasteiger partial charge on any atom is -0.466 e. The van der Waals surface area contributed by atoms with Crippen LogP contribution in [0.2, 0.25) is 0 Å². The van der Waals surface area contributed by atoms with Crippen LogP contribution < -0.4 is 0 Å². The number of hydrogen-bond donors (Lipinski definition) is 0. The summed E-state index contributed by atoms with van der Waals surface area (Å²) in [5.41, 5.74) is -3.01. The van der Waals surface area contributed by atoms with E-state index in [0.717, 1.165) is 0 Å². The average molecular weight is 454 g/mol. The van der Waals surface area contributed by atoms with Gasteiger partial charge in [-0.1, -0.05) is 6.58 Å². The lowest BCUT2D eigenvalue weighted by Gasteiger charge is -2.41. The van der Waals surface area contributed by atoms with Crippen LogP contribution in [0.15, 0.2) is 12.2 Å². The zero-order chi connectivity index (χ0) is 23.4. The van der Waals surface area contributed by atoms with Gasteiger partial charge in [-0.25, -0.2) is 4.79 Å². The summed E-state index contributed by atoms with van der Waals surface area (Å²) >= 11 is 0. The van der Waals surface area contributed by atoms with E-state index in [1.165, 1.54) is 0 Å². The molecule has 0 atom stereocenters. The third-order valence-corrected chi connectivity index (χ3v) is 3.14. The van der Waals surface area contributed by atoms with Crippen molar-refractivity contribution >= 4 is 5.97 Å². The molecule has 0 heterocycles. The van der Waals surface area contributed by atoms with Crippen LogP contribution in [0.4, 0.5) is 65.9 Å². The van der Waals surface area contributed by atoms with Crippen LogP contribution in [0.1, 0.15) is 0 Å². The van der Waals surface area contributed by atoms with E-state index in [-0.39, 0.29) is 7.11 Å². The molecule has 0 aromatic rings. The fourth-order valence-corrected chi connectivity index (χ4v) is 1.41. The first kappa shape index (κ1) is 26.2. The van der Waals surface area contributed by atoms with Gasteiger partial charge < -0.3 is 4.74 Å². The Bertz CT molecular complexity index is 630. The molecule has 0 aliphatic heterocycles. The molecule has 0 amide bonds. The summed E-state index contributed by atoms with van der Waals surface area (Å²) in [4.78, 5) is 10.7. The number of hydrogen-bond acceptors (Lipinski definition) is 2. The summed E-state index contributed by atoms with van der Waals surface area (Å²) in [6.07, 6.45) is -7.68. The fraction of sp³-hybridized carbons (Fsp3) is 0.727. The second-order valence-electron chi connectivity index (χ2n) is 4.91. The van der Waals surface area contributed by atoms with Crippen LogP contribution in [-0.2, 0) is 9.53 Å². The zero-order valence-electron chi connectivity index (χ0n) is 12.7. The van der Waals surface area contributed by atoms with Crippen LogP contribution in [0.25, 0.3) is 0 Å². The molecule has 0 saturated carbocycles. The second-order valence-corrected chi connectivity index (χ2v) is 4.91. The van der Waals surface area contributed by atoms with Crippen LogP contribution in [-0.4, -0.2) is 54.8 Å². The van der Waals surface area contributed by atoms with Crippen molar-refractivity contribution in [2.24, 2.45) is 0 Å². The fourth-order valence-electron chi connectivity index (χ4n) is 1.41. The van der Waals surface area contributed by atoms with Gasteiger partial charge in [0, 0.05) is 0 Å². The van der Waals surface area contributed by atoms with Gasteiger partial charge in [-0.05, 0) is 0 Å². The van der Waals surface area contributed by atoms with E-state index >= 15 is 0 Å². The van der Waals surface area contributed by atoms with Gasteiger partial charge in [-0.3, -0.25) is 0 Å². The van der Waals surface area contributed by atoms with E-state index < -0.39 is 53.3 Å². The van der Waals surface area contributed by atoms with Gasteiger partial charge in [0.1, 0.15) is 5.57 Å². The molecule has 0 aromatic heterocycles. The lowest BCUT2D eigenvalue weighted by Crippen LogP contribution is -2.72. The topological polar surface area (TPSA) is 26.3 Å². The molecule has 0 unspecified atom stereocenters. The van der Waals surface area contributed by atoms with Crippen molar-refractivity contribution in [1.29, 1.82) is 0 Å². The molecule has 2 nitrogen and oxygen atoms in total. The van der Waals surface area contributed by atoms with Gasteiger partial charge in [0.05, 0.1) is 7.11 Å². The van der Waals surface area contributed by atoms with Crippen molar-refractivity contribution in [3.63, 3.8) is 0 Å². The molecule has 0 radical (unpaired) electrons. The molecule has 0 N–H and O–H groups in total. The SMILES string of the molecule is C=C(C(=O)OC)C(F)(F)C(F)(F)C(F)(F)C(F)(F)C(F)(F)C(F)(F)C(F)(F)F. The summed E-state index contributed by atoms with van der Waals surface area (Å²) in [7, 11) is 0.173. The van der Waals surface area contributed by atoms with Crippen LogP contribution in [0, 0.1) is 0 Å². The van der Waals surface area contributed by atoms with Gasteiger partial charge in [0.25, 0.3) is 0 Å². The molecule has 166 valence electrons. The summed E-state index contributed by atoms with van der Waals surface area (Å²) < 4.78 is 196. The highest BCUT2D eigenvalue weighted by atomic mass is 19.4. The first-order valence-corrected chi connectivity index (χ1v) is 6.00. The predicted molar refractivity (Wildman–Crippen MR) is 56.9 cm³/mol. The van der Waals surface area contributed by atoms with Crippen LogP contribution in [0.5, 0.6) is 0 Å².